The Hall–Kier alpha value is -1.56. The summed E-state index contributed by atoms with van der Waals surface area (Å²) < 4.78 is 9.51. The number of imidazole rings is 1. The molecule has 1 amide bonds. The van der Waals surface area contributed by atoms with E-state index in [1.807, 2.05) is 40.0 Å². The largest absolute Gasteiger partial charge is 1.00 e. The summed E-state index contributed by atoms with van der Waals surface area (Å²) in [6.45, 7) is 7.04. The predicted molar refractivity (Wildman–Crippen MR) is 82.0 cm³/mol. The quantitative estimate of drug-likeness (QED) is 0.577. The van der Waals surface area contributed by atoms with Crippen LogP contribution >= 0.6 is 0 Å². The van der Waals surface area contributed by atoms with Gasteiger partial charge in [-0.05, 0) is 32.9 Å². The molecule has 2 rings (SSSR count). The van der Waals surface area contributed by atoms with Gasteiger partial charge in [0.25, 0.3) is 0 Å². The predicted octanol–water partition coefficient (Wildman–Crippen LogP) is -0.615. The van der Waals surface area contributed by atoms with Crippen LogP contribution in [0.25, 0.3) is 11.0 Å². The number of aromatic nitrogens is 2. The Morgan fingerprint density at radius 2 is 2.00 bits per heavy atom. The van der Waals surface area contributed by atoms with Crippen LogP contribution in [0.1, 0.15) is 27.2 Å². The fourth-order valence-electron chi connectivity index (χ4n) is 2.27. The summed E-state index contributed by atoms with van der Waals surface area (Å²) in [7, 11) is 2.04. The molecule has 0 aliphatic rings. The summed E-state index contributed by atoms with van der Waals surface area (Å²) in [6, 6.07) is 8.29. The van der Waals surface area contributed by atoms with Crippen LogP contribution < -0.4 is 26.9 Å². The lowest BCUT2D eigenvalue weighted by molar-refractivity contribution is -0.645. The van der Waals surface area contributed by atoms with Gasteiger partial charge in [0, 0.05) is 13.0 Å². The van der Waals surface area contributed by atoms with E-state index >= 15 is 0 Å². The van der Waals surface area contributed by atoms with Gasteiger partial charge in [-0.1, -0.05) is 12.1 Å². The molecule has 1 aromatic carbocycles. The minimum absolute atomic E-state index is 0. The lowest BCUT2D eigenvalue weighted by Crippen LogP contribution is -3.00. The summed E-state index contributed by atoms with van der Waals surface area (Å²) in [5.41, 5.74) is 1.96. The van der Waals surface area contributed by atoms with Gasteiger partial charge in [-0.3, -0.25) is 0 Å². The Morgan fingerprint density at radius 1 is 1.32 bits per heavy atom. The molecule has 6 heteroatoms. The van der Waals surface area contributed by atoms with E-state index in [0.717, 1.165) is 13.0 Å². The minimum Gasteiger partial charge on any atom is -1.00 e. The van der Waals surface area contributed by atoms with Crippen molar-refractivity contribution in [3.63, 3.8) is 0 Å². The third-order valence-corrected chi connectivity index (χ3v) is 3.13. The molecular formula is C16H24BrN3O2. The summed E-state index contributed by atoms with van der Waals surface area (Å²) >= 11 is 0. The first-order valence-corrected chi connectivity index (χ1v) is 7.27. The Labute approximate surface area is 142 Å². The monoisotopic (exact) mass is 369 g/mol. The second-order valence-corrected chi connectivity index (χ2v) is 6.19. The maximum atomic E-state index is 11.5. The van der Waals surface area contributed by atoms with Crippen LogP contribution in [-0.2, 0) is 18.3 Å². The lowest BCUT2D eigenvalue weighted by atomic mass is 10.2. The standard InChI is InChI=1S/C16H23N3O2.BrH/c1-16(2,3)21-15(20)17-10-7-11-19-12-18(4)13-8-5-6-9-14(13)19;/h5-6,8-9,12H,7,10-11H2,1-4H3;1H. The van der Waals surface area contributed by atoms with Crippen molar-refractivity contribution in [2.24, 2.45) is 7.05 Å². The fourth-order valence-corrected chi connectivity index (χ4v) is 2.27. The van der Waals surface area contributed by atoms with Crippen LogP contribution in [0.3, 0.4) is 0 Å². The number of carbonyl (C=O) groups excluding carboxylic acids is 1. The molecule has 0 bridgehead atoms. The molecule has 1 N–H and O–H groups in total. The molecule has 0 radical (unpaired) electrons. The van der Waals surface area contributed by atoms with Gasteiger partial charge in [0.1, 0.15) is 5.60 Å². The van der Waals surface area contributed by atoms with E-state index in [-0.39, 0.29) is 23.1 Å². The number of benzene rings is 1. The number of aryl methyl sites for hydroxylation is 2. The molecule has 22 heavy (non-hydrogen) atoms. The average molecular weight is 370 g/mol. The van der Waals surface area contributed by atoms with Crippen LogP contribution in [-0.4, -0.2) is 22.8 Å². The maximum Gasteiger partial charge on any atom is 0.407 e. The molecule has 2 aromatic rings. The van der Waals surface area contributed by atoms with Crippen molar-refractivity contribution in [1.29, 1.82) is 0 Å². The van der Waals surface area contributed by atoms with Crippen molar-refractivity contribution in [3.05, 3.63) is 30.6 Å². The molecule has 1 heterocycles. The van der Waals surface area contributed by atoms with E-state index in [1.165, 1.54) is 11.0 Å². The topological polar surface area (TPSA) is 47.1 Å². The zero-order valence-electron chi connectivity index (χ0n) is 13.6. The molecule has 0 spiro atoms. The molecule has 0 aliphatic carbocycles. The SMILES string of the molecule is C[n+]1cn(CCCNC(=O)OC(C)(C)C)c2ccccc21.[Br-]. The normalized spacial score (nSPS) is 11.1. The van der Waals surface area contributed by atoms with Crippen LogP contribution in [0.2, 0.25) is 0 Å². The second kappa shape index (κ2) is 7.63. The van der Waals surface area contributed by atoms with E-state index in [2.05, 4.69) is 32.9 Å². The van der Waals surface area contributed by atoms with E-state index in [1.54, 1.807) is 0 Å². The zero-order valence-corrected chi connectivity index (χ0v) is 15.2. The highest BCUT2D eigenvalue weighted by molar-refractivity contribution is 5.71. The van der Waals surface area contributed by atoms with Crippen molar-refractivity contribution in [3.8, 4) is 0 Å². The van der Waals surface area contributed by atoms with Gasteiger partial charge in [0.05, 0.1) is 13.6 Å². The van der Waals surface area contributed by atoms with E-state index in [4.69, 9.17) is 4.74 Å². The van der Waals surface area contributed by atoms with E-state index < -0.39 is 5.60 Å². The molecule has 0 saturated carbocycles. The first-order valence-electron chi connectivity index (χ1n) is 7.27. The van der Waals surface area contributed by atoms with Crippen LogP contribution in [0.4, 0.5) is 4.79 Å². The third-order valence-electron chi connectivity index (χ3n) is 3.13. The van der Waals surface area contributed by atoms with Crippen molar-refractivity contribution in [2.75, 3.05) is 6.54 Å². The van der Waals surface area contributed by atoms with Crippen molar-refractivity contribution < 1.29 is 31.1 Å². The number of nitrogens with one attached hydrogen (secondary N) is 1. The number of hydrogen-bond donors (Lipinski definition) is 1. The molecule has 122 valence electrons. The maximum absolute atomic E-state index is 11.5. The number of hydrogen-bond acceptors (Lipinski definition) is 2. The van der Waals surface area contributed by atoms with E-state index in [9.17, 15) is 4.79 Å². The summed E-state index contributed by atoms with van der Waals surface area (Å²) in [6.07, 6.45) is 2.58. The summed E-state index contributed by atoms with van der Waals surface area (Å²) in [4.78, 5) is 11.5. The van der Waals surface area contributed by atoms with Gasteiger partial charge in [-0.2, -0.15) is 0 Å². The number of fused-ring (bicyclic) bond motifs is 1. The van der Waals surface area contributed by atoms with Crippen molar-refractivity contribution in [2.45, 2.75) is 39.3 Å². The van der Waals surface area contributed by atoms with Gasteiger partial charge in [-0.25, -0.2) is 13.9 Å². The van der Waals surface area contributed by atoms with E-state index in [0.29, 0.717) is 6.54 Å². The minimum atomic E-state index is -0.450. The third kappa shape index (κ3) is 5.02. The van der Waals surface area contributed by atoms with Gasteiger partial charge < -0.3 is 27.0 Å². The Kier molecular flexibility index (Phi) is 6.41. The molecular weight excluding hydrogens is 346 g/mol. The first kappa shape index (κ1) is 18.5. The Balaban J connectivity index is 0.00000242. The first-order chi connectivity index (χ1) is 9.87. The van der Waals surface area contributed by atoms with Gasteiger partial charge in [0.2, 0.25) is 6.33 Å². The highest BCUT2D eigenvalue weighted by atomic mass is 79.9. The Bertz CT molecular complexity index is 632. The molecule has 0 fully saturated rings. The molecule has 0 unspecified atom stereocenters. The van der Waals surface area contributed by atoms with Crippen molar-refractivity contribution in [1.82, 2.24) is 9.88 Å². The van der Waals surface area contributed by atoms with Gasteiger partial charge >= 0.3 is 6.09 Å². The van der Waals surface area contributed by atoms with Crippen LogP contribution in [0, 0.1) is 0 Å². The molecule has 5 nitrogen and oxygen atoms in total. The number of para-hydroxylation sites is 2. The van der Waals surface area contributed by atoms with Crippen molar-refractivity contribution >= 4 is 17.1 Å². The molecule has 0 aliphatic heterocycles. The highest BCUT2D eigenvalue weighted by Gasteiger charge is 2.16. The number of rotatable bonds is 4. The lowest BCUT2D eigenvalue weighted by Gasteiger charge is -2.19. The van der Waals surface area contributed by atoms with Gasteiger partial charge in [-0.15, -0.1) is 0 Å². The Morgan fingerprint density at radius 3 is 2.68 bits per heavy atom. The smallest absolute Gasteiger partial charge is 0.407 e. The number of amides is 1. The number of alkyl carbamates (subject to hydrolysis) is 1. The van der Waals surface area contributed by atoms with Gasteiger partial charge in [0.15, 0.2) is 11.0 Å². The average Bonchev–Trinajstić information content (AvgIpc) is 2.70. The molecule has 0 atom stereocenters. The van der Waals surface area contributed by atoms with Crippen LogP contribution in [0.5, 0.6) is 0 Å². The molecule has 1 aromatic heterocycles. The fraction of sp³-hybridized carbons (Fsp3) is 0.500. The van der Waals surface area contributed by atoms with Crippen LogP contribution in [0.15, 0.2) is 30.6 Å². The zero-order chi connectivity index (χ0) is 15.5. The summed E-state index contributed by atoms with van der Waals surface area (Å²) in [5, 5.41) is 2.78. The second-order valence-electron chi connectivity index (χ2n) is 6.19. The number of ether oxygens (including phenoxy) is 1. The highest BCUT2D eigenvalue weighted by Crippen LogP contribution is 2.10. The number of nitrogens with zero attached hydrogens (tertiary/aromatic N) is 2. The summed E-state index contributed by atoms with van der Waals surface area (Å²) in [5.74, 6) is 0. The molecule has 0 saturated heterocycles. The number of halogens is 1. The number of carbonyl (C=O) groups is 1.